The van der Waals surface area contributed by atoms with Crippen LogP contribution in [0.5, 0.6) is 5.75 Å². The van der Waals surface area contributed by atoms with E-state index in [1.165, 1.54) is 25.3 Å². The maximum absolute atomic E-state index is 12.6. The van der Waals surface area contributed by atoms with Gasteiger partial charge in [0.15, 0.2) is 11.5 Å². The number of phenolic OH excluding ortho intramolecular Hbond substituents is 1. The second-order valence-electron chi connectivity index (χ2n) is 15.5. The number of hydrogen-bond acceptors (Lipinski definition) is 10. The third kappa shape index (κ3) is 9.50. The van der Waals surface area contributed by atoms with Crippen molar-refractivity contribution in [3.8, 4) is 11.8 Å². The molecule has 4 amide bonds. The van der Waals surface area contributed by atoms with Crippen LogP contribution >= 0.6 is 0 Å². The fourth-order valence-electron chi connectivity index (χ4n) is 8.46. The molecule has 1 aromatic carbocycles. The van der Waals surface area contributed by atoms with Gasteiger partial charge < -0.3 is 24.8 Å². The first-order chi connectivity index (χ1) is 28.0. The van der Waals surface area contributed by atoms with Crippen molar-refractivity contribution < 1.29 is 32.7 Å². The SMILES string of the molecule is N#Cc1ccc(O)cc1C(F)(F)F.O=C1CCN(c2cncc3c2ccn3C2CCN(CC3CCN(c4ccc(C(=O)NC5CCCCC5)nn4)CC3)CC2)C(=O)N1. The summed E-state index contributed by atoms with van der Waals surface area (Å²) in [6.45, 7) is 5.52. The Morgan fingerprint density at radius 2 is 1.69 bits per heavy atom. The second kappa shape index (κ2) is 17.8. The Morgan fingerprint density at radius 1 is 0.931 bits per heavy atom. The summed E-state index contributed by atoms with van der Waals surface area (Å²) in [5.74, 6) is 0.663. The van der Waals surface area contributed by atoms with Crippen LogP contribution in [0.4, 0.5) is 29.5 Å². The maximum Gasteiger partial charge on any atom is 0.417 e. The number of aromatic nitrogens is 4. The number of alkyl halides is 3. The van der Waals surface area contributed by atoms with Crippen molar-refractivity contribution in [3.05, 3.63) is 71.8 Å². The minimum atomic E-state index is -4.61. The van der Waals surface area contributed by atoms with E-state index in [0.717, 1.165) is 106 Å². The lowest BCUT2D eigenvalue weighted by Crippen LogP contribution is -2.49. The average molecular weight is 801 g/mol. The van der Waals surface area contributed by atoms with E-state index in [2.05, 4.69) is 52.4 Å². The summed E-state index contributed by atoms with van der Waals surface area (Å²) in [6.07, 6.45) is 11.5. The Labute approximate surface area is 334 Å². The van der Waals surface area contributed by atoms with Crippen LogP contribution in [0, 0.1) is 17.2 Å². The third-order valence-electron chi connectivity index (χ3n) is 11.6. The molecule has 17 heteroatoms. The van der Waals surface area contributed by atoms with E-state index < -0.39 is 23.1 Å². The zero-order chi connectivity index (χ0) is 40.8. The number of carbonyl (C=O) groups excluding carboxylic acids is 3. The highest BCUT2D eigenvalue weighted by molar-refractivity contribution is 6.09. The molecule has 3 N–H and O–H groups in total. The van der Waals surface area contributed by atoms with Gasteiger partial charge in [0.05, 0.1) is 40.8 Å². The van der Waals surface area contributed by atoms with Gasteiger partial charge in [-0.3, -0.25) is 24.8 Å². The van der Waals surface area contributed by atoms with E-state index in [4.69, 9.17) is 10.4 Å². The molecule has 306 valence electrons. The average Bonchev–Trinajstić information content (AvgIpc) is 3.67. The number of aromatic hydroxyl groups is 1. The van der Waals surface area contributed by atoms with Gasteiger partial charge >= 0.3 is 12.2 Å². The molecule has 4 fully saturated rings. The minimum Gasteiger partial charge on any atom is -0.508 e. The van der Waals surface area contributed by atoms with Crippen LogP contribution in [0.2, 0.25) is 0 Å². The molecular weight excluding hydrogens is 754 g/mol. The summed E-state index contributed by atoms with van der Waals surface area (Å²) < 4.78 is 38.8. The number of phenols is 1. The lowest BCUT2D eigenvalue weighted by atomic mass is 9.94. The van der Waals surface area contributed by atoms with Crippen molar-refractivity contribution in [2.24, 2.45) is 5.92 Å². The van der Waals surface area contributed by atoms with Crippen LogP contribution in [0.15, 0.2) is 55.0 Å². The minimum absolute atomic E-state index is 0.111. The lowest BCUT2D eigenvalue weighted by Gasteiger charge is -2.38. The summed E-state index contributed by atoms with van der Waals surface area (Å²) >= 11 is 0. The Bertz CT molecular complexity index is 2130. The molecule has 0 unspecified atom stereocenters. The third-order valence-corrected chi connectivity index (χ3v) is 11.6. The van der Waals surface area contributed by atoms with Crippen LogP contribution in [-0.2, 0) is 11.0 Å². The highest BCUT2D eigenvalue weighted by atomic mass is 19.4. The number of hydrogen-bond donors (Lipinski definition) is 3. The number of imide groups is 1. The molecule has 3 saturated heterocycles. The first-order valence-electron chi connectivity index (χ1n) is 19.9. The predicted molar refractivity (Wildman–Crippen MR) is 209 cm³/mol. The van der Waals surface area contributed by atoms with Gasteiger partial charge in [-0.25, -0.2) is 4.79 Å². The first-order valence-corrected chi connectivity index (χ1v) is 19.9. The van der Waals surface area contributed by atoms with Crippen molar-refractivity contribution >= 4 is 40.3 Å². The molecule has 1 saturated carbocycles. The maximum atomic E-state index is 12.6. The fourth-order valence-corrected chi connectivity index (χ4v) is 8.46. The van der Waals surface area contributed by atoms with Crippen LogP contribution in [0.1, 0.15) is 91.9 Å². The summed E-state index contributed by atoms with van der Waals surface area (Å²) in [6, 6.07) is 9.99. The summed E-state index contributed by atoms with van der Waals surface area (Å²) in [5, 5.41) is 32.3. The van der Waals surface area contributed by atoms with Crippen LogP contribution < -0.4 is 20.4 Å². The van der Waals surface area contributed by atoms with Gasteiger partial charge in [0.2, 0.25) is 5.91 Å². The van der Waals surface area contributed by atoms with E-state index in [0.29, 0.717) is 36.7 Å². The summed E-state index contributed by atoms with van der Waals surface area (Å²) in [4.78, 5) is 47.7. The van der Waals surface area contributed by atoms with E-state index in [9.17, 15) is 27.6 Å². The largest absolute Gasteiger partial charge is 0.508 e. The lowest BCUT2D eigenvalue weighted by molar-refractivity contribution is -0.137. The molecule has 0 bridgehead atoms. The molecule has 0 radical (unpaired) electrons. The topological polar surface area (TPSA) is 173 Å². The van der Waals surface area contributed by atoms with E-state index in [-0.39, 0.29) is 23.9 Å². The first kappa shape index (κ1) is 40.4. The zero-order valence-electron chi connectivity index (χ0n) is 32.1. The number of carbonyl (C=O) groups is 3. The van der Waals surface area contributed by atoms with Crippen molar-refractivity contribution in [3.63, 3.8) is 0 Å². The number of amides is 4. The highest BCUT2D eigenvalue weighted by Gasteiger charge is 2.34. The van der Waals surface area contributed by atoms with E-state index in [1.54, 1.807) is 11.1 Å². The molecule has 4 aliphatic rings. The molecule has 1 aliphatic carbocycles. The number of pyridine rings is 1. The predicted octanol–water partition coefficient (Wildman–Crippen LogP) is 6.17. The number of likely N-dealkylation sites (tertiary alicyclic amines) is 1. The smallest absolute Gasteiger partial charge is 0.417 e. The number of benzene rings is 1. The Morgan fingerprint density at radius 3 is 2.36 bits per heavy atom. The quantitative estimate of drug-likeness (QED) is 0.196. The number of anilines is 2. The number of rotatable bonds is 7. The molecule has 3 aliphatic heterocycles. The molecule has 0 atom stereocenters. The van der Waals surface area contributed by atoms with Gasteiger partial charge in [-0.05, 0) is 80.8 Å². The van der Waals surface area contributed by atoms with E-state index in [1.807, 2.05) is 18.3 Å². The van der Waals surface area contributed by atoms with Gasteiger partial charge in [-0.2, -0.15) is 18.4 Å². The second-order valence-corrected chi connectivity index (χ2v) is 15.5. The monoisotopic (exact) mass is 800 g/mol. The number of halogens is 3. The Hall–Kier alpha value is -5.76. The molecule has 14 nitrogen and oxygen atoms in total. The summed E-state index contributed by atoms with van der Waals surface area (Å²) in [5.41, 5.74) is 0.575. The molecule has 0 spiro atoms. The van der Waals surface area contributed by atoms with Gasteiger partial charge in [0.1, 0.15) is 5.75 Å². The Kier molecular flexibility index (Phi) is 12.4. The molecular formula is C41H47F3N10O4. The fraction of sp³-hybridized carbons (Fsp3) is 0.488. The summed E-state index contributed by atoms with van der Waals surface area (Å²) in [7, 11) is 0. The standard InChI is InChI=1S/C33H43N9O3.C8H4F3NO/c43-31-13-19-42(33(45)36-31)29-21-34-20-28-26(29)12-18-41(28)25-10-14-39(15-11-25)22-23-8-16-40(17-9-23)30-7-6-27(37-38-30)32(44)35-24-4-2-1-3-5-24;9-8(10,11)7-3-6(13)2-1-5(7)4-12/h6-7,12,18,20-21,23-25H,1-5,8-11,13-17,19,22H2,(H,35,44)(H,36,43,45);1-3,13H. The molecule has 4 aromatic rings. The molecule has 6 heterocycles. The van der Waals surface area contributed by atoms with E-state index >= 15 is 0 Å². The number of nitrogens with one attached hydrogen (secondary N) is 2. The van der Waals surface area contributed by atoms with Gasteiger partial charge in [0.25, 0.3) is 5.91 Å². The number of piperidine rings is 2. The Balaban J connectivity index is 0.000000337. The van der Waals surface area contributed by atoms with Crippen molar-refractivity contribution in [2.45, 2.75) is 82.5 Å². The van der Waals surface area contributed by atoms with Gasteiger partial charge in [-0.1, -0.05) is 19.3 Å². The number of nitriles is 1. The number of nitrogens with zero attached hydrogens (tertiary/aromatic N) is 8. The van der Waals surface area contributed by atoms with Crippen LogP contribution in [-0.4, -0.2) is 92.9 Å². The van der Waals surface area contributed by atoms with Crippen molar-refractivity contribution in [2.75, 3.05) is 49.1 Å². The van der Waals surface area contributed by atoms with Crippen LogP contribution in [0.3, 0.4) is 0 Å². The highest BCUT2D eigenvalue weighted by Crippen LogP contribution is 2.35. The van der Waals surface area contributed by atoms with Gasteiger partial charge in [0, 0.05) is 69.4 Å². The molecule has 8 rings (SSSR count). The normalized spacial score (nSPS) is 19.0. The van der Waals surface area contributed by atoms with Crippen LogP contribution in [0.25, 0.3) is 10.9 Å². The van der Waals surface area contributed by atoms with Crippen molar-refractivity contribution in [1.29, 1.82) is 5.26 Å². The molecule has 3 aromatic heterocycles. The van der Waals surface area contributed by atoms with Gasteiger partial charge in [-0.15, -0.1) is 10.2 Å². The zero-order valence-corrected chi connectivity index (χ0v) is 32.1. The number of fused-ring (bicyclic) bond motifs is 1. The number of urea groups is 1. The van der Waals surface area contributed by atoms with Crippen molar-refractivity contribution in [1.82, 2.24) is 35.3 Å². The molecule has 58 heavy (non-hydrogen) atoms.